The molecule has 0 aliphatic carbocycles. The van der Waals surface area contributed by atoms with Crippen LogP contribution in [0.4, 0.5) is 0 Å². The highest BCUT2D eigenvalue weighted by Gasteiger charge is 2.24. The molecule has 15 heavy (non-hydrogen) atoms. The van der Waals surface area contributed by atoms with Crippen LogP contribution in [-0.2, 0) is 4.79 Å². The minimum absolute atomic E-state index is 0.118. The SMILES string of the molecule is CC(C)NC(=O)CN1CCC(N)CC1C. The topological polar surface area (TPSA) is 58.4 Å². The number of carbonyl (C=O) groups excluding carboxylic acids is 1. The van der Waals surface area contributed by atoms with Gasteiger partial charge < -0.3 is 11.1 Å². The first-order valence-corrected chi connectivity index (χ1v) is 5.78. The van der Waals surface area contributed by atoms with Crippen molar-refractivity contribution in [2.75, 3.05) is 13.1 Å². The number of amides is 1. The van der Waals surface area contributed by atoms with Crippen molar-refractivity contribution < 1.29 is 4.79 Å². The van der Waals surface area contributed by atoms with Gasteiger partial charge in [-0.25, -0.2) is 0 Å². The quantitative estimate of drug-likeness (QED) is 0.710. The molecule has 3 N–H and O–H groups in total. The van der Waals surface area contributed by atoms with E-state index in [2.05, 4.69) is 17.1 Å². The lowest BCUT2D eigenvalue weighted by Gasteiger charge is -2.35. The Labute approximate surface area is 92.2 Å². The average molecular weight is 213 g/mol. The molecule has 2 atom stereocenters. The minimum atomic E-state index is 0.118. The van der Waals surface area contributed by atoms with Crippen LogP contribution in [-0.4, -0.2) is 42.0 Å². The van der Waals surface area contributed by atoms with Gasteiger partial charge in [-0.05, 0) is 33.6 Å². The van der Waals surface area contributed by atoms with E-state index in [4.69, 9.17) is 5.73 Å². The summed E-state index contributed by atoms with van der Waals surface area (Å²) in [5.74, 6) is 0.118. The van der Waals surface area contributed by atoms with E-state index in [1.807, 2.05) is 13.8 Å². The molecule has 4 nitrogen and oxygen atoms in total. The van der Waals surface area contributed by atoms with Crippen LogP contribution < -0.4 is 11.1 Å². The summed E-state index contributed by atoms with van der Waals surface area (Å²) < 4.78 is 0. The van der Waals surface area contributed by atoms with E-state index in [0.717, 1.165) is 19.4 Å². The van der Waals surface area contributed by atoms with Gasteiger partial charge in [0.1, 0.15) is 0 Å². The fraction of sp³-hybridized carbons (Fsp3) is 0.909. The standard InChI is InChI=1S/C11H23N3O/c1-8(2)13-11(15)7-14-5-4-10(12)6-9(14)3/h8-10H,4-7,12H2,1-3H3,(H,13,15). The zero-order valence-corrected chi connectivity index (χ0v) is 9.99. The van der Waals surface area contributed by atoms with E-state index in [0.29, 0.717) is 18.6 Å². The zero-order chi connectivity index (χ0) is 11.4. The van der Waals surface area contributed by atoms with Crippen molar-refractivity contribution in [3.05, 3.63) is 0 Å². The summed E-state index contributed by atoms with van der Waals surface area (Å²) in [6.07, 6.45) is 1.99. The van der Waals surface area contributed by atoms with Crippen LogP contribution in [0.2, 0.25) is 0 Å². The second-order valence-electron chi connectivity index (χ2n) is 4.83. The second-order valence-corrected chi connectivity index (χ2v) is 4.83. The number of nitrogens with zero attached hydrogens (tertiary/aromatic N) is 1. The van der Waals surface area contributed by atoms with Gasteiger partial charge in [-0.2, -0.15) is 0 Å². The smallest absolute Gasteiger partial charge is 0.234 e. The third-order valence-electron chi connectivity index (χ3n) is 2.85. The molecule has 1 rings (SSSR count). The van der Waals surface area contributed by atoms with Crippen LogP contribution in [0.1, 0.15) is 33.6 Å². The molecule has 1 fully saturated rings. The Morgan fingerprint density at radius 2 is 2.27 bits per heavy atom. The molecule has 0 radical (unpaired) electrons. The highest BCUT2D eigenvalue weighted by atomic mass is 16.2. The second kappa shape index (κ2) is 5.47. The van der Waals surface area contributed by atoms with Crippen LogP contribution in [0, 0.1) is 0 Å². The Morgan fingerprint density at radius 1 is 1.60 bits per heavy atom. The molecule has 0 aromatic rings. The largest absolute Gasteiger partial charge is 0.353 e. The minimum Gasteiger partial charge on any atom is -0.353 e. The predicted octanol–water partition coefficient (Wildman–Crippen LogP) is 0.323. The third-order valence-corrected chi connectivity index (χ3v) is 2.85. The van der Waals surface area contributed by atoms with Crippen molar-refractivity contribution >= 4 is 5.91 Å². The van der Waals surface area contributed by atoms with E-state index in [-0.39, 0.29) is 11.9 Å². The molecular formula is C11H23N3O. The summed E-state index contributed by atoms with van der Waals surface area (Å²) in [5.41, 5.74) is 5.87. The first kappa shape index (κ1) is 12.5. The Hall–Kier alpha value is -0.610. The van der Waals surface area contributed by atoms with Crippen molar-refractivity contribution in [2.24, 2.45) is 5.73 Å². The predicted molar refractivity (Wildman–Crippen MR) is 61.5 cm³/mol. The number of piperidine rings is 1. The molecule has 2 unspecified atom stereocenters. The molecular weight excluding hydrogens is 190 g/mol. The van der Waals surface area contributed by atoms with Gasteiger partial charge in [0.05, 0.1) is 6.54 Å². The number of nitrogens with one attached hydrogen (secondary N) is 1. The lowest BCUT2D eigenvalue weighted by atomic mass is 9.99. The van der Waals surface area contributed by atoms with Gasteiger partial charge in [-0.3, -0.25) is 9.69 Å². The van der Waals surface area contributed by atoms with Gasteiger partial charge in [0.25, 0.3) is 0 Å². The van der Waals surface area contributed by atoms with E-state index < -0.39 is 0 Å². The van der Waals surface area contributed by atoms with Crippen molar-refractivity contribution in [3.63, 3.8) is 0 Å². The Kier molecular flexibility index (Phi) is 4.54. The Balaban J connectivity index is 2.34. The summed E-state index contributed by atoms with van der Waals surface area (Å²) in [5, 5.41) is 2.91. The van der Waals surface area contributed by atoms with Gasteiger partial charge in [-0.1, -0.05) is 0 Å². The van der Waals surface area contributed by atoms with Crippen molar-refractivity contribution in [2.45, 2.75) is 51.7 Å². The lowest BCUT2D eigenvalue weighted by molar-refractivity contribution is -0.123. The number of likely N-dealkylation sites (tertiary alicyclic amines) is 1. The monoisotopic (exact) mass is 213 g/mol. The van der Waals surface area contributed by atoms with E-state index in [1.54, 1.807) is 0 Å². The van der Waals surface area contributed by atoms with Crippen molar-refractivity contribution in [1.29, 1.82) is 0 Å². The summed E-state index contributed by atoms with van der Waals surface area (Å²) in [7, 11) is 0. The zero-order valence-electron chi connectivity index (χ0n) is 9.99. The Bertz CT molecular complexity index is 218. The first-order valence-electron chi connectivity index (χ1n) is 5.78. The molecule has 0 aromatic carbocycles. The lowest BCUT2D eigenvalue weighted by Crippen LogP contribution is -2.49. The first-order chi connectivity index (χ1) is 6.99. The van der Waals surface area contributed by atoms with Gasteiger partial charge in [0.15, 0.2) is 0 Å². The number of rotatable bonds is 3. The molecule has 1 aliphatic rings. The number of carbonyl (C=O) groups is 1. The third kappa shape index (κ3) is 4.18. The van der Waals surface area contributed by atoms with E-state index in [9.17, 15) is 4.79 Å². The number of nitrogens with two attached hydrogens (primary N) is 1. The van der Waals surface area contributed by atoms with Crippen LogP contribution in [0.5, 0.6) is 0 Å². The molecule has 0 saturated carbocycles. The maximum Gasteiger partial charge on any atom is 0.234 e. The van der Waals surface area contributed by atoms with Gasteiger partial charge >= 0.3 is 0 Å². The van der Waals surface area contributed by atoms with Crippen LogP contribution in [0.3, 0.4) is 0 Å². The van der Waals surface area contributed by atoms with Gasteiger partial charge in [0.2, 0.25) is 5.91 Å². The van der Waals surface area contributed by atoms with Crippen LogP contribution in [0.25, 0.3) is 0 Å². The molecule has 1 aliphatic heterocycles. The molecule has 1 amide bonds. The maximum atomic E-state index is 11.6. The molecule has 88 valence electrons. The van der Waals surface area contributed by atoms with E-state index in [1.165, 1.54) is 0 Å². The average Bonchev–Trinajstić information content (AvgIpc) is 2.08. The van der Waals surface area contributed by atoms with Crippen molar-refractivity contribution in [1.82, 2.24) is 10.2 Å². The van der Waals surface area contributed by atoms with Gasteiger partial charge in [-0.15, -0.1) is 0 Å². The molecule has 1 saturated heterocycles. The fourth-order valence-electron chi connectivity index (χ4n) is 2.04. The number of hydrogen-bond acceptors (Lipinski definition) is 3. The highest BCUT2D eigenvalue weighted by Crippen LogP contribution is 2.14. The molecule has 0 aromatic heterocycles. The van der Waals surface area contributed by atoms with Crippen molar-refractivity contribution in [3.8, 4) is 0 Å². The van der Waals surface area contributed by atoms with Crippen LogP contribution >= 0.6 is 0 Å². The summed E-state index contributed by atoms with van der Waals surface area (Å²) in [6, 6.07) is 0.955. The van der Waals surface area contributed by atoms with Crippen LogP contribution in [0.15, 0.2) is 0 Å². The van der Waals surface area contributed by atoms with E-state index >= 15 is 0 Å². The number of hydrogen-bond donors (Lipinski definition) is 2. The molecule has 4 heteroatoms. The Morgan fingerprint density at radius 3 is 2.80 bits per heavy atom. The van der Waals surface area contributed by atoms with Gasteiger partial charge in [0, 0.05) is 24.7 Å². The summed E-state index contributed by atoms with van der Waals surface area (Å²) in [6.45, 7) is 7.54. The summed E-state index contributed by atoms with van der Waals surface area (Å²) in [4.78, 5) is 13.8. The normalized spacial score (nSPS) is 28.1. The summed E-state index contributed by atoms with van der Waals surface area (Å²) >= 11 is 0. The fourth-order valence-corrected chi connectivity index (χ4v) is 2.04. The molecule has 0 spiro atoms. The molecule has 1 heterocycles. The highest BCUT2D eigenvalue weighted by molar-refractivity contribution is 5.78. The maximum absolute atomic E-state index is 11.6. The molecule has 0 bridgehead atoms.